The molecule has 82 valence electrons. The minimum Gasteiger partial charge on any atom is -0.387 e. The van der Waals surface area contributed by atoms with Gasteiger partial charge in [-0.3, -0.25) is 0 Å². The average Bonchev–Trinajstić information content (AvgIpc) is 2.19. The highest BCUT2D eigenvalue weighted by molar-refractivity contribution is 5.26. The van der Waals surface area contributed by atoms with Crippen molar-refractivity contribution in [2.24, 2.45) is 0 Å². The summed E-state index contributed by atoms with van der Waals surface area (Å²) in [6.07, 6.45) is 1.76. The van der Waals surface area contributed by atoms with Gasteiger partial charge >= 0.3 is 0 Å². The van der Waals surface area contributed by atoms with Crippen LogP contribution in [0.15, 0.2) is 43.0 Å². The maximum Gasteiger partial charge on any atom is 0.0954 e. The molecule has 0 radical (unpaired) electrons. The van der Waals surface area contributed by atoms with Gasteiger partial charge in [-0.2, -0.15) is 0 Å². The minimum absolute atomic E-state index is 0.112. The molecule has 0 heterocycles. The summed E-state index contributed by atoms with van der Waals surface area (Å²) in [5.41, 5.74) is 0.132. The van der Waals surface area contributed by atoms with Crippen LogP contribution in [0.5, 0.6) is 0 Å². The summed E-state index contributed by atoms with van der Waals surface area (Å²) in [5, 5.41) is 10.2. The van der Waals surface area contributed by atoms with E-state index in [2.05, 4.69) is 6.58 Å². The van der Waals surface area contributed by atoms with Crippen LogP contribution < -0.4 is 0 Å². The maximum absolute atomic E-state index is 10.2. The van der Waals surface area contributed by atoms with Crippen LogP contribution >= 0.6 is 0 Å². The Balaban J connectivity index is 2.94. The molecule has 0 aromatic heterocycles. The zero-order valence-electron chi connectivity index (χ0n) is 9.31. The highest BCUT2D eigenvalue weighted by atomic mass is 16.5. The van der Waals surface area contributed by atoms with E-state index in [4.69, 9.17) is 4.74 Å². The third-order valence-corrected chi connectivity index (χ3v) is 2.50. The van der Waals surface area contributed by atoms with Gasteiger partial charge in [0.2, 0.25) is 0 Å². The molecule has 15 heavy (non-hydrogen) atoms. The molecule has 1 aromatic carbocycles. The Bertz CT molecular complexity index is 304. The molecule has 0 spiro atoms. The maximum atomic E-state index is 10.2. The fraction of sp³-hybridized carbons (Fsp3) is 0.385. The summed E-state index contributed by atoms with van der Waals surface area (Å²) in [7, 11) is 1.58. The fourth-order valence-electron chi connectivity index (χ4n) is 1.79. The molecule has 0 aliphatic rings. The van der Waals surface area contributed by atoms with Crippen molar-refractivity contribution in [3.05, 3.63) is 48.6 Å². The van der Waals surface area contributed by atoms with E-state index in [1.165, 1.54) is 0 Å². The first-order valence-electron chi connectivity index (χ1n) is 5.00. The van der Waals surface area contributed by atoms with Crippen LogP contribution in [0.3, 0.4) is 0 Å². The molecule has 0 saturated carbocycles. The Morgan fingerprint density at radius 1 is 1.47 bits per heavy atom. The molecule has 0 fully saturated rings. The van der Waals surface area contributed by atoms with Crippen molar-refractivity contribution >= 4 is 0 Å². The standard InChI is InChI=1S/C13H18O2/c1-4-12(13(2,14)10-15-3)11-8-6-5-7-9-11/h4-9,12,14H,1,10H2,2-3H3/t12-,13-/m1/s1. The van der Waals surface area contributed by atoms with Gasteiger partial charge in [0.1, 0.15) is 0 Å². The quantitative estimate of drug-likeness (QED) is 0.749. The molecule has 1 rings (SSSR count). The number of ether oxygens (including phenoxy) is 1. The van der Waals surface area contributed by atoms with Crippen molar-refractivity contribution in [2.45, 2.75) is 18.4 Å². The van der Waals surface area contributed by atoms with Gasteiger partial charge in [0, 0.05) is 13.0 Å². The van der Waals surface area contributed by atoms with E-state index >= 15 is 0 Å². The van der Waals surface area contributed by atoms with Gasteiger partial charge in [-0.25, -0.2) is 0 Å². The van der Waals surface area contributed by atoms with Crippen molar-refractivity contribution in [2.75, 3.05) is 13.7 Å². The molecule has 2 heteroatoms. The number of aliphatic hydroxyl groups is 1. The number of benzene rings is 1. The zero-order valence-corrected chi connectivity index (χ0v) is 9.31. The van der Waals surface area contributed by atoms with Gasteiger partial charge in [0.05, 0.1) is 12.2 Å². The summed E-state index contributed by atoms with van der Waals surface area (Å²) >= 11 is 0. The Kier molecular flexibility index (Phi) is 4.06. The van der Waals surface area contributed by atoms with Gasteiger partial charge < -0.3 is 9.84 Å². The van der Waals surface area contributed by atoms with Crippen LogP contribution in [0.2, 0.25) is 0 Å². The van der Waals surface area contributed by atoms with E-state index in [9.17, 15) is 5.11 Å². The van der Waals surface area contributed by atoms with Crippen LogP contribution in [0.1, 0.15) is 18.4 Å². The number of hydrogen-bond donors (Lipinski definition) is 1. The van der Waals surface area contributed by atoms with Crippen LogP contribution in [0.4, 0.5) is 0 Å². The average molecular weight is 206 g/mol. The smallest absolute Gasteiger partial charge is 0.0954 e. The number of rotatable bonds is 5. The normalized spacial score (nSPS) is 16.7. The molecular weight excluding hydrogens is 188 g/mol. The molecule has 2 atom stereocenters. The first-order chi connectivity index (χ1) is 7.11. The van der Waals surface area contributed by atoms with Crippen molar-refractivity contribution in [1.29, 1.82) is 0 Å². The highest BCUT2D eigenvalue weighted by Gasteiger charge is 2.30. The summed E-state index contributed by atoms with van der Waals surface area (Å²) < 4.78 is 5.01. The molecule has 1 aromatic rings. The summed E-state index contributed by atoms with van der Waals surface area (Å²) in [4.78, 5) is 0. The molecular formula is C13H18O2. The topological polar surface area (TPSA) is 29.5 Å². The lowest BCUT2D eigenvalue weighted by Crippen LogP contribution is -2.36. The lowest BCUT2D eigenvalue weighted by molar-refractivity contribution is -0.0268. The molecule has 0 bridgehead atoms. The zero-order chi connectivity index (χ0) is 11.3. The molecule has 2 nitrogen and oxygen atoms in total. The Labute approximate surface area is 91.2 Å². The predicted octanol–water partition coefficient (Wildman–Crippen LogP) is 2.35. The third-order valence-electron chi connectivity index (χ3n) is 2.50. The SMILES string of the molecule is C=C[C@H](c1ccccc1)[C@](C)(O)COC. The Hall–Kier alpha value is -1.12. The van der Waals surface area contributed by atoms with Crippen molar-refractivity contribution < 1.29 is 9.84 Å². The first-order valence-corrected chi connectivity index (χ1v) is 5.00. The van der Waals surface area contributed by atoms with Gasteiger partial charge in [0.15, 0.2) is 0 Å². The molecule has 0 amide bonds. The fourth-order valence-corrected chi connectivity index (χ4v) is 1.79. The van der Waals surface area contributed by atoms with Crippen molar-refractivity contribution in [3.63, 3.8) is 0 Å². The van der Waals surface area contributed by atoms with E-state index < -0.39 is 5.60 Å². The van der Waals surface area contributed by atoms with E-state index in [-0.39, 0.29) is 5.92 Å². The second-order valence-electron chi connectivity index (χ2n) is 3.91. The third kappa shape index (κ3) is 2.91. The summed E-state index contributed by atoms with van der Waals surface area (Å²) in [5.74, 6) is -0.112. The van der Waals surface area contributed by atoms with Gasteiger partial charge in [0.25, 0.3) is 0 Å². The predicted molar refractivity (Wildman–Crippen MR) is 61.9 cm³/mol. The number of methoxy groups -OCH3 is 1. The van der Waals surface area contributed by atoms with Crippen LogP contribution in [-0.4, -0.2) is 24.4 Å². The Morgan fingerprint density at radius 3 is 2.53 bits per heavy atom. The molecule has 0 saturated heterocycles. The van der Waals surface area contributed by atoms with Gasteiger partial charge in [-0.15, -0.1) is 6.58 Å². The van der Waals surface area contributed by atoms with E-state index in [0.29, 0.717) is 6.61 Å². The van der Waals surface area contributed by atoms with Gasteiger partial charge in [-0.1, -0.05) is 36.4 Å². The van der Waals surface area contributed by atoms with E-state index in [1.54, 1.807) is 20.1 Å². The molecule has 0 unspecified atom stereocenters. The van der Waals surface area contributed by atoms with Crippen LogP contribution in [-0.2, 0) is 4.74 Å². The Morgan fingerprint density at radius 2 is 2.07 bits per heavy atom. The second kappa shape index (κ2) is 5.10. The van der Waals surface area contributed by atoms with E-state index in [1.807, 2.05) is 30.3 Å². The van der Waals surface area contributed by atoms with Crippen LogP contribution in [0.25, 0.3) is 0 Å². The van der Waals surface area contributed by atoms with Crippen LogP contribution in [0, 0.1) is 0 Å². The molecule has 1 N–H and O–H groups in total. The summed E-state index contributed by atoms with van der Waals surface area (Å²) in [6, 6.07) is 9.82. The molecule has 0 aliphatic heterocycles. The molecule has 0 aliphatic carbocycles. The van der Waals surface area contributed by atoms with Crippen molar-refractivity contribution in [1.82, 2.24) is 0 Å². The highest BCUT2D eigenvalue weighted by Crippen LogP contribution is 2.29. The van der Waals surface area contributed by atoms with E-state index in [0.717, 1.165) is 5.56 Å². The van der Waals surface area contributed by atoms with Crippen molar-refractivity contribution in [3.8, 4) is 0 Å². The van der Waals surface area contributed by atoms with Gasteiger partial charge in [-0.05, 0) is 12.5 Å². The lowest BCUT2D eigenvalue weighted by atomic mass is 9.84. The lowest BCUT2D eigenvalue weighted by Gasteiger charge is -2.30. The monoisotopic (exact) mass is 206 g/mol. The largest absolute Gasteiger partial charge is 0.387 e. The second-order valence-corrected chi connectivity index (χ2v) is 3.91. The first kappa shape index (κ1) is 12.0. The minimum atomic E-state index is -0.919. The number of hydrogen-bond acceptors (Lipinski definition) is 2. The summed E-state index contributed by atoms with van der Waals surface area (Å²) in [6.45, 7) is 5.82.